The summed E-state index contributed by atoms with van der Waals surface area (Å²) in [4.78, 5) is 12.9. The molecule has 0 bridgehead atoms. The van der Waals surface area contributed by atoms with Crippen LogP contribution in [0.25, 0.3) is 0 Å². The number of hydrogen-bond acceptors (Lipinski definition) is 6. The number of amides is 1. The van der Waals surface area contributed by atoms with Crippen LogP contribution in [-0.2, 0) is 21.3 Å². The second kappa shape index (κ2) is 10.6. The summed E-state index contributed by atoms with van der Waals surface area (Å²) in [5.41, 5.74) is 0.929. The topological polar surface area (TPSA) is 94.2 Å². The van der Waals surface area contributed by atoms with E-state index < -0.39 is 10.0 Å². The predicted molar refractivity (Wildman–Crippen MR) is 116 cm³/mol. The molecule has 8 nitrogen and oxygen atoms in total. The summed E-state index contributed by atoms with van der Waals surface area (Å²) in [7, 11) is -3.67. The SMILES string of the molecule is CCOc1ccc(C(=O)NCc2ccccc2S(=O)(=O)N2CCOCC2)cc1OCC. The van der Waals surface area contributed by atoms with Gasteiger partial charge in [0, 0.05) is 25.2 Å². The van der Waals surface area contributed by atoms with E-state index in [1.54, 1.807) is 42.5 Å². The monoisotopic (exact) mass is 448 g/mol. The molecule has 168 valence electrons. The fourth-order valence-corrected chi connectivity index (χ4v) is 4.93. The molecule has 0 radical (unpaired) electrons. The summed E-state index contributed by atoms with van der Waals surface area (Å²) in [5.74, 6) is 0.734. The second-order valence-corrected chi connectivity index (χ2v) is 8.74. The zero-order chi connectivity index (χ0) is 22.3. The minimum absolute atomic E-state index is 0.0791. The van der Waals surface area contributed by atoms with E-state index in [4.69, 9.17) is 14.2 Å². The van der Waals surface area contributed by atoms with Gasteiger partial charge in [0.05, 0.1) is 31.3 Å². The van der Waals surface area contributed by atoms with Crippen molar-refractivity contribution in [3.8, 4) is 11.5 Å². The fraction of sp³-hybridized carbons (Fsp3) is 0.409. The van der Waals surface area contributed by atoms with Gasteiger partial charge >= 0.3 is 0 Å². The van der Waals surface area contributed by atoms with Crippen LogP contribution in [0.5, 0.6) is 11.5 Å². The Hall–Kier alpha value is -2.62. The Morgan fingerprint density at radius 1 is 1.03 bits per heavy atom. The Kier molecular flexibility index (Phi) is 7.89. The summed E-state index contributed by atoms with van der Waals surface area (Å²) in [5, 5.41) is 2.81. The number of morpholine rings is 1. The van der Waals surface area contributed by atoms with Crippen LogP contribution in [0, 0.1) is 0 Å². The molecular formula is C22H28N2O6S. The smallest absolute Gasteiger partial charge is 0.251 e. The van der Waals surface area contributed by atoms with Crippen LogP contribution in [0.3, 0.4) is 0 Å². The third-order valence-electron chi connectivity index (χ3n) is 4.81. The Morgan fingerprint density at radius 2 is 1.71 bits per heavy atom. The molecule has 2 aromatic rings. The number of hydrogen-bond donors (Lipinski definition) is 1. The third-order valence-corrected chi connectivity index (χ3v) is 6.80. The lowest BCUT2D eigenvalue weighted by atomic mass is 10.1. The average Bonchev–Trinajstić information content (AvgIpc) is 2.79. The van der Waals surface area contributed by atoms with Gasteiger partial charge in [0.15, 0.2) is 11.5 Å². The van der Waals surface area contributed by atoms with Crippen LogP contribution in [0.1, 0.15) is 29.8 Å². The fourth-order valence-electron chi connectivity index (χ4n) is 3.30. The van der Waals surface area contributed by atoms with Gasteiger partial charge < -0.3 is 19.5 Å². The molecule has 1 saturated heterocycles. The highest BCUT2D eigenvalue weighted by molar-refractivity contribution is 7.89. The van der Waals surface area contributed by atoms with Gasteiger partial charge in [-0.3, -0.25) is 4.79 Å². The molecule has 1 amide bonds. The molecule has 1 N–H and O–H groups in total. The molecule has 2 aromatic carbocycles. The lowest BCUT2D eigenvalue weighted by molar-refractivity contribution is 0.0730. The van der Waals surface area contributed by atoms with Crippen molar-refractivity contribution >= 4 is 15.9 Å². The van der Waals surface area contributed by atoms with Gasteiger partial charge in [0.2, 0.25) is 10.0 Å². The van der Waals surface area contributed by atoms with Gasteiger partial charge in [-0.05, 0) is 43.7 Å². The Labute approximate surface area is 183 Å². The van der Waals surface area contributed by atoms with E-state index in [-0.39, 0.29) is 17.3 Å². The van der Waals surface area contributed by atoms with Crippen molar-refractivity contribution in [2.45, 2.75) is 25.3 Å². The first-order chi connectivity index (χ1) is 15.0. The first-order valence-electron chi connectivity index (χ1n) is 10.3. The molecule has 0 spiro atoms. The maximum atomic E-state index is 13.1. The molecule has 31 heavy (non-hydrogen) atoms. The zero-order valence-corrected chi connectivity index (χ0v) is 18.6. The number of carbonyl (C=O) groups is 1. The Morgan fingerprint density at radius 3 is 2.42 bits per heavy atom. The number of rotatable bonds is 9. The summed E-state index contributed by atoms with van der Waals surface area (Å²) in [6.45, 7) is 6.11. The normalized spacial score (nSPS) is 14.8. The van der Waals surface area contributed by atoms with Crippen molar-refractivity contribution in [2.75, 3.05) is 39.5 Å². The molecule has 1 aliphatic rings. The minimum Gasteiger partial charge on any atom is -0.490 e. The Balaban J connectivity index is 1.76. The zero-order valence-electron chi connectivity index (χ0n) is 17.8. The van der Waals surface area contributed by atoms with Crippen molar-refractivity contribution < 1.29 is 27.4 Å². The first-order valence-corrected chi connectivity index (χ1v) is 11.7. The van der Waals surface area contributed by atoms with E-state index in [1.165, 1.54) is 4.31 Å². The highest BCUT2D eigenvalue weighted by Gasteiger charge is 2.28. The third kappa shape index (κ3) is 5.55. The summed E-state index contributed by atoms with van der Waals surface area (Å²) < 4.78 is 43.9. The molecule has 1 aliphatic heterocycles. The van der Waals surface area contributed by atoms with Gasteiger partial charge in [0.1, 0.15) is 0 Å². The van der Waals surface area contributed by atoms with Crippen LogP contribution in [-0.4, -0.2) is 58.1 Å². The van der Waals surface area contributed by atoms with Crippen molar-refractivity contribution in [2.24, 2.45) is 0 Å². The van der Waals surface area contributed by atoms with E-state index in [9.17, 15) is 13.2 Å². The molecule has 3 rings (SSSR count). The van der Waals surface area contributed by atoms with Crippen molar-refractivity contribution in [3.05, 3.63) is 53.6 Å². The quantitative estimate of drug-likeness (QED) is 0.633. The standard InChI is InChI=1S/C22H28N2O6S/c1-3-29-19-10-9-17(15-20(19)30-4-2)22(25)23-16-18-7-5-6-8-21(18)31(26,27)24-11-13-28-14-12-24/h5-10,15H,3-4,11-14,16H2,1-2H3,(H,23,25). The molecule has 0 aromatic heterocycles. The minimum atomic E-state index is -3.67. The summed E-state index contributed by atoms with van der Waals surface area (Å²) in [6, 6.07) is 11.7. The van der Waals surface area contributed by atoms with Crippen LogP contribution in [0.4, 0.5) is 0 Å². The second-order valence-electron chi connectivity index (χ2n) is 6.83. The molecule has 0 unspecified atom stereocenters. The van der Waals surface area contributed by atoms with Crippen LogP contribution in [0.15, 0.2) is 47.4 Å². The van der Waals surface area contributed by atoms with Crippen molar-refractivity contribution in [1.82, 2.24) is 9.62 Å². The molecular weight excluding hydrogens is 420 g/mol. The number of ether oxygens (including phenoxy) is 3. The number of nitrogens with zero attached hydrogens (tertiary/aromatic N) is 1. The van der Waals surface area contributed by atoms with Gasteiger partial charge in [-0.25, -0.2) is 8.42 Å². The van der Waals surface area contributed by atoms with Crippen LogP contribution in [0.2, 0.25) is 0 Å². The number of sulfonamides is 1. The van der Waals surface area contributed by atoms with E-state index in [1.807, 2.05) is 13.8 Å². The van der Waals surface area contributed by atoms with E-state index in [2.05, 4.69) is 5.32 Å². The van der Waals surface area contributed by atoms with E-state index in [0.717, 1.165) is 0 Å². The lowest BCUT2D eigenvalue weighted by Gasteiger charge is -2.27. The summed E-state index contributed by atoms with van der Waals surface area (Å²) >= 11 is 0. The van der Waals surface area contributed by atoms with E-state index >= 15 is 0 Å². The molecule has 1 fully saturated rings. The van der Waals surface area contributed by atoms with Gasteiger partial charge in [-0.2, -0.15) is 4.31 Å². The summed E-state index contributed by atoms with van der Waals surface area (Å²) in [6.07, 6.45) is 0. The molecule has 1 heterocycles. The van der Waals surface area contributed by atoms with Crippen molar-refractivity contribution in [3.63, 3.8) is 0 Å². The van der Waals surface area contributed by atoms with Gasteiger partial charge in [-0.1, -0.05) is 18.2 Å². The molecule has 0 atom stereocenters. The molecule has 0 aliphatic carbocycles. The highest BCUT2D eigenvalue weighted by Crippen LogP contribution is 2.28. The van der Waals surface area contributed by atoms with E-state index in [0.29, 0.717) is 62.1 Å². The largest absolute Gasteiger partial charge is 0.490 e. The predicted octanol–water partition coefficient (Wildman–Crippen LogP) is 2.43. The van der Waals surface area contributed by atoms with Gasteiger partial charge in [0.25, 0.3) is 5.91 Å². The highest BCUT2D eigenvalue weighted by atomic mass is 32.2. The molecule has 0 saturated carbocycles. The maximum absolute atomic E-state index is 13.1. The van der Waals surface area contributed by atoms with Crippen molar-refractivity contribution in [1.29, 1.82) is 0 Å². The number of nitrogens with one attached hydrogen (secondary N) is 1. The average molecular weight is 449 g/mol. The molecule has 9 heteroatoms. The maximum Gasteiger partial charge on any atom is 0.251 e. The Bertz CT molecular complexity index is 1000. The number of carbonyl (C=O) groups excluding carboxylic acids is 1. The first kappa shape index (κ1) is 23.1. The lowest BCUT2D eigenvalue weighted by Crippen LogP contribution is -2.41. The number of benzene rings is 2. The van der Waals surface area contributed by atoms with Gasteiger partial charge in [-0.15, -0.1) is 0 Å². The van der Waals surface area contributed by atoms with Crippen LogP contribution >= 0.6 is 0 Å². The van der Waals surface area contributed by atoms with Crippen LogP contribution < -0.4 is 14.8 Å².